The summed E-state index contributed by atoms with van der Waals surface area (Å²) in [7, 11) is 0. The van der Waals surface area contributed by atoms with Crippen molar-refractivity contribution in [3.63, 3.8) is 0 Å². The summed E-state index contributed by atoms with van der Waals surface area (Å²) >= 11 is 1.92. The zero-order valence-electron chi connectivity index (χ0n) is 10.9. The highest BCUT2D eigenvalue weighted by Gasteiger charge is 2.22. The number of rotatable bonds is 5. The second kappa shape index (κ2) is 7.01. The number of nitrogens with zero attached hydrogens (tertiary/aromatic N) is 1. The van der Waals surface area contributed by atoms with Crippen molar-refractivity contribution in [1.82, 2.24) is 10.2 Å². The van der Waals surface area contributed by atoms with Crippen LogP contribution in [0.5, 0.6) is 0 Å². The first-order valence-electron chi connectivity index (χ1n) is 6.10. The third-order valence-corrected chi connectivity index (χ3v) is 3.83. The molecule has 0 spiro atoms. The van der Waals surface area contributed by atoms with Crippen molar-refractivity contribution in [3.8, 4) is 0 Å². The second-order valence-electron chi connectivity index (χ2n) is 4.79. The lowest BCUT2D eigenvalue weighted by Gasteiger charge is -2.27. The van der Waals surface area contributed by atoms with E-state index in [0.717, 1.165) is 24.6 Å². The predicted molar refractivity (Wildman–Crippen MR) is 71.2 cm³/mol. The van der Waals surface area contributed by atoms with Gasteiger partial charge in [0.15, 0.2) is 5.78 Å². The molecule has 0 bridgehead atoms. The molecule has 0 aliphatic carbocycles. The summed E-state index contributed by atoms with van der Waals surface area (Å²) in [5.74, 6) is 2.32. The van der Waals surface area contributed by atoms with Crippen molar-refractivity contribution in [3.05, 3.63) is 0 Å². The lowest BCUT2D eigenvalue weighted by Crippen LogP contribution is -2.48. The van der Waals surface area contributed by atoms with Crippen molar-refractivity contribution in [2.75, 3.05) is 31.1 Å². The first-order chi connectivity index (χ1) is 8.00. The molecule has 0 saturated carbocycles. The van der Waals surface area contributed by atoms with Crippen molar-refractivity contribution in [1.29, 1.82) is 0 Å². The Balaban J connectivity index is 2.38. The molecule has 17 heavy (non-hydrogen) atoms. The van der Waals surface area contributed by atoms with Crippen LogP contribution in [-0.2, 0) is 9.59 Å². The monoisotopic (exact) mass is 258 g/mol. The van der Waals surface area contributed by atoms with Gasteiger partial charge in [0, 0.05) is 24.6 Å². The van der Waals surface area contributed by atoms with Crippen molar-refractivity contribution >= 4 is 23.5 Å². The van der Waals surface area contributed by atoms with E-state index in [0.29, 0.717) is 6.54 Å². The summed E-state index contributed by atoms with van der Waals surface area (Å²) in [6, 6.07) is -0.346. The fraction of sp³-hybridized carbons (Fsp3) is 0.833. The van der Waals surface area contributed by atoms with Crippen LogP contribution in [0.2, 0.25) is 0 Å². The van der Waals surface area contributed by atoms with Crippen molar-refractivity contribution in [2.45, 2.75) is 26.8 Å². The van der Waals surface area contributed by atoms with Crippen molar-refractivity contribution in [2.24, 2.45) is 5.92 Å². The van der Waals surface area contributed by atoms with Gasteiger partial charge in [-0.1, -0.05) is 13.8 Å². The fourth-order valence-corrected chi connectivity index (χ4v) is 2.90. The molecular weight excluding hydrogens is 236 g/mol. The third-order valence-electron chi connectivity index (χ3n) is 2.89. The maximum atomic E-state index is 11.8. The Morgan fingerprint density at radius 3 is 2.35 bits per heavy atom. The van der Waals surface area contributed by atoms with Crippen LogP contribution in [-0.4, -0.2) is 53.8 Å². The number of ketones is 1. The largest absolute Gasteiger partial charge is 0.345 e. The van der Waals surface area contributed by atoms with Crippen LogP contribution < -0.4 is 5.32 Å². The zero-order valence-corrected chi connectivity index (χ0v) is 11.7. The van der Waals surface area contributed by atoms with Crippen LogP contribution in [0, 0.1) is 5.92 Å². The van der Waals surface area contributed by atoms with E-state index in [-0.39, 0.29) is 23.7 Å². The Labute approximate surface area is 108 Å². The number of Topliss-reactive ketones (excluding diaryl/α,β-unsaturated/α-hetero) is 1. The highest BCUT2D eigenvalue weighted by molar-refractivity contribution is 7.99. The summed E-state index contributed by atoms with van der Waals surface area (Å²) in [4.78, 5) is 25.3. The molecule has 5 heteroatoms. The second-order valence-corrected chi connectivity index (χ2v) is 6.01. The molecule has 1 saturated heterocycles. The molecule has 1 N–H and O–H groups in total. The van der Waals surface area contributed by atoms with Crippen LogP contribution in [0.25, 0.3) is 0 Å². The smallest absolute Gasteiger partial charge is 0.234 e. The molecule has 0 aromatic heterocycles. The first kappa shape index (κ1) is 14.5. The van der Waals surface area contributed by atoms with Gasteiger partial charge in [0.1, 0.15) is 0 Å². The molecule has 0 radical (unpaired) electrons. The Hall–Kier alpha value is -0.550. The van der Waals surface area contributed by atoms with Crippen LogP contribution >= 0.6 is 11.8 Å². The van der Waals surface area contributed by atoms with E-state index >= 15 is 0 Å². The quantitative estimate of drug-likeness (QED) is 0.791. The summed E-state index contributed by atoms with van der Waals surface area (Å²) in [6.45, 7) is 7.77. The minimum absolute atomic E-state index is 0.0301. The maximum Gasteiger partial charge on any atom is 0.234 e. The van der Waals surface area contributed by atoms with E-state index in [4.69, 9.17) is 0 Å². The van der Waals surface area contributed by atoms with Crippen LogP contribution in [0.1, 0.15) is 20.8 Å². The summed E-state index contributed by atoms with van der Waals surface area (Å²) < 4.78 is 0. The molecule has 1 rings (SSSR count). The van der Waals surface area contributed by atoms with Gasteiger partial charge in [-0.2, -0.15) is 11.8 Å². The Bertz CT molecular complexity index is 276. The van der Waals surface area contributed by atoms with E-state index in [1.54, 1.807) is 0 Å². The topological polar surface area (TPSA) is 49.4 Å². The molecule has 1 aliphatic heterocycles. The minimum atomic E-state index is -0.346. The molecule has 1 atom stereocenters. The number of carbonyl (C=O) groups is 2. The average molecular weight is 258 g/mol. The molecule has 1 aliphatic rings. The van der Waals surface area contributed by atoms with Gasteiger partial charge in [0.2, 0.25) is 5.91 Å². The lowest BCUT2D eigenvalue weighted by atomic mass is 10.0. The average Bonchev–Trinajstić information content (AvgIpc) is 2.26. The van der Waals surface area contributed by atoms with Crippen LogP contribution in [0.15, 0.2) is 0 Å². The molecule has 0 aromatic rings. The predicted octanol–water partition coefficient (Wildman–Crippen LogP) is 0.765. The maximum absolute atomic E-state index is 11.8. The molecular formula is C12H22N2O2S. The number of thioether (sulfide) groups is 1. The summed E-state index contributed by atoms with van der Waals surface area (Å²) in [5.41, 5.74) is 0. The van der Waals surface area contributed by atoms with Gasteiger partial charge in [-0.25, -0.2) is 0 Å². The first-order valence-corrected chi connectivity index (χ1v) is 7.26. The van der Waals surface area contributed by atoms with E-state index in [1.165, 1.54) is 6.92 Å². The molecule has 1 unspecified atom stereocenters. The van der Waals surface area contributed by atoms with E-state index in [9.17, 15) is 9.59 Å². The Kier molecular flexibility index (Phi) is 5.98. The SMILES string of the molecule is CC(=O)C(NC(=O)CN1CCSCC1)C(C)C. The van der Waals surface area contributed by atoms with Crippen LogP contribution in [0.3, 0.4) is 0 Å². The number of hydrogen-bond acceptors (Lipinski definition) is 4. The molecule has 1 heterocycles. The van der Waals surface area contributed by atoms with Gasteiger partial charge in [-0.3, -0.25) is 14.5 Å². The molecule has 1 fully saturated rings. The lowest BCUT2D eigenvalue weighted by molar-refractivity contribution is -0.128. The number of nitrogens with one attached hydrogen (secondary N) is 1. The summed E-state index contributed by atoms with van der Waals surface area (Å²) in [6.07, 6.45) is 0. The number of hydrogen-bond donors (Lipinski definition) is 1. The van der Waals surface area contributed by atoms with Crippen LogP contribution in [0.4, 0.5) is 0 Å². The molecule has 98 valence electrons. The summed E-state index contributed by atoms with van der Waals surface area (Å²) in [5, 5.41) is 2.83. The standard InChI is InChI=1S/C12H22N2O2S/c1-9(2)12(10(3)15)13-11(16)8-14-4-6-17-7-5-14/h9,12H,4-8H2,1-3H3,(H,13,16). The third kappa shape index (κ3) is 5.08. The van der Waals surface area contributed by atoms with Gasteiger partial charge in [-0.05, 0) is 12.8 Å². The number of carbonyl (C=O) groups excluding carboxylic acids is 2. The van der Waals surface area contributed by atoms with Gasteiger partial charge in [0.25, 0.3) is 0 Å². The van der Waals surface area contributed by atoms with E-state index < -0.39 is 0 Å². The van der Waals surface area contributed by atoms with E-state index in [2.05, 4.69) is 10.2 Å². The van der Waals surface area contributed by atoms with E-state index in [1.807, 2.05) is 25.6 Å². The minimum Gasteiger partial charge on any atom is -0.345 e. The Morgan fingerprint density at radius 2 is 1.88 bits per heavy atom. The normalized spacial score (nSPS) is 19.1. The fourth-order valence-electron chi connectivity index (χ4n) is 1.92. The molecule has 0 aromatic carbocycles. The van der Waals surface area contributed by atoms with Gasteiger partial charge < -0.3 is 5.32 Å². The number of amides is 1. The molecule has 1 amide bonds. The Morgan fingerprint density at radius 1 is 1.29 bits per heavy atom. The highest BCUT2D eigenvalue weighted by Crippen LogP contribution is 2.08. The van der Waals surface area contributed by atoms with Gasteiger partial charge in [0.05, 0.1) is 12.6 Å². The zero-order chi connectivity index (χ0) is 12.8. The van der Waals surface area contributed by atoms with Gasteiger partial charge >= 0.3 is 0 Å². The highest BCUT2D eigenvalue weighted by atomic mass is 32.2. The van der Waals surface area contributed by atoms with Gasteiger partial charge in [-0.15, -0.1) is 0 Å². The van der Waals surface area contributed by atoms with Crippen molar-refractivity contribution < 1.29 is 9.59 Å². The molecule has 4 nitrogen and oxygen atoms in total.